The van der Waals surface area contributed by atoms with E-state index in [9.17, 15) is 17.6 Å². The normalized spacial score (nSPS) is 10.6. The van der Waals surface area contributed by atoms with Gasteiger partial charge >= 0.3 is 0 Å². The summed E-state index contributed by atoms with van der Waals surface area (Å²) in [5.74, 6) is -4.85. The van der Waals surface area contributed by atoms with Crippen LogP contribution in [0.15, 0.2) is 30.3 Å². The molecule has 0 radical (unpaired) electrons. The van der Waals surface area contributed by atoms with Crippen molar-refractivity contribution >= 4 is 5.69 Å². The molecule has 0 saturated heterocycles. The van der Waals surface area contributed by atoms with E-state index in [1.165, 1.54) is 6.07 Å². The van der Waals surface area contributed by atoms with E-state index in [1.807, 2.05) is 0 Å². The Labute approximate surface area is 94.5 Å². The van der Waals surface area contributed by atoms with E-state index < -0.39 is 23.3 Å². The topological polar surface area (TPSA) is 26.0 Å². The Morgan fingerprint density at radius 1 is 0.824 bits per heavy atom. The van der Waals surface area contributed by atoms with E-state index in [2.05, 4.69) is 0 Å². The van der Waals surface area contributed by atoms with Gasteiger partial charge in [-0.05, 0) is 35.9 Å². The molecule has 0 spiro atoms. The molecule has 0 aromatic heterocycles. The zero-order valence-corrected chi connectivity index (χ0v) is 8.48. The number of nitrogens with two attached hydrogens (primary N) is 1. The minimum Gasteiger partial charge on any atom is -0.398 e. The molecule has 0 saturated carbocycles. The molecule has 0 aliphatic rings. The lowest BCUT2D eigenvalue weighted by Crippen LogP contribution is -1.95. The highest BCUT2D eigenvalue weighted by atomic mass is 19.2. The van der Waals surface area contributed by atoms with Gasteiger partial charge in [-0.3, -0.25) is 0 Å². The lowest BCUT2D eigenvalue weighted by Gasteiger charge is -2.07. The van der Waals surface area contributed by atoms with Crippen molar-refractivity contribution in [2.24, 2.45) is 0 Å². The van der Waals surface area contributed by atoms with Crippen molar-refractivity contribution in [3.05, 3.63) is 53.6 Å². The Balaban J connectivity index is 2.64. The molecule has 1 nitrogen and oxygen atoms in total. The fraction of sp³-hybridized carbons (Fsp3) is 0. The Bertz CT molecular complexity index is 558. The molecule has 0 fully saturated rings. The number of anilines is 1. The summed E-state index contributed by atoms with van der Waals surface area (Å²) in [7, 11) is 0. The Kier molecular flexibility index (Phi) is 2.75. The highest BCUT2D eigenvalue weighted by Crippen LogP contribution is 2.29. The first-order valence-corrected chi connectivity index (χ1v) is 4.69. The van der Waals surface area contributed by atoms with Crippen LogP contribution in [0.1, 0.15) is 0 Å². The fourth-order valence-electron chi connectivity index (χ4n) is 1.49. The molecule has 2 aromatic rings. The number of benzene rings is 2. The van der Waals surface area contributed by atoms with Crippen LogP contribution in [0.25, 0.3) is 11.1 Å². The van der Waals surface area contributed by atoms with Gasteiger partial charge < -0.3 is 5.73 Å². The van der Waals surface area contributed by atoms with Crippen LogP contribution in [-0.2, 0) is 0 Å². The van der Waals surface area contributed by atoms with Crippen LogP contribution in [0, 0.1) is 23.3 Å². The fourth-order valence-corrected chi connectivity index (χ4v) is 1.49. The summed E-state index contributed by atoms with van der Waals surface area (Å²) in [6.45, 7) is 0. The van der Waals surface area contributed by atoms with Crippen LogP contribution >= 0.6 is 0 Å². The largest absolute Gasteiger partial charge is 0.398 e. The van der Waals surface area contributed by atoms with Crippen LogP contribution < -0.4 is 5.73 Å². The third-order valence-corrected chi connectivity index (χ3v) is 2.31. The highest BCUT2D eigenvalue weighted by Gasteiger charge is 2.13. The van der Waals surface area contributed by atoms with E-state index in [0.717, 1.165) is 24.3 Å². The smallest absolute Gasteiger partial charge is 0.194 e. The van der Waals surface area contributed by atoms with Gasteiger partial charge in [-0.25, -0.2) is 17.6 Å². The summed E-state index contributed by atoms with van der Waals surface area (Å²) in [4.78, 5) is 0. The van der Waals surface area contributed by atoms with E-state index in [-0.39, 0.29) is 16.8 Å². The minimum absolute atomic E-state index is 0.0154. The number of nitrogen functional groups attached to an aromatic ring is 1. The quantitative estimate of drug-likeness (QED) is 0.461. The monoisotopic (exact) mass is 241 g/mol. The standard InChI is InChI=1S/C12H7F4N/c13-7-1-2-11(17)8(5-7)6-3-9(14)12(16)10(15)4-6/h1-5H,17H2. The average Bonchev–Trinajstić information content (AvgIpc) is 2.28. The summed E-state index contributed by atoms with van der Waals surface area (Å²) >= 11 is 0. The molecule has 17 heavy (non-hydrogen) atoms. The summed E-state index contributed by atoms with van der Waals surface area (Å²) < 4.78 is 51.8. The second-order valence-corrected chi connectivity index (χ2v) is 3.49. The van der Waals surface area contributed by atoms with E-state index >= 15 is 0 Å². The maximum Gasteiger partial charge on any atom is 0.194 e. The second kappa shape index (κ2) is 4.08. The number of hydrogen-bond donors (Lipinski definition) is 1. The van der Waals surface area contributed by atoms with Gasteiger partial charge in [0.05, 0.1) is 0 Å². The van der Waals surface area contributed by atoms with Gasteiger partial charge in [0, 0.05) is 11.3 Å². The number of rotatable bonds is 1. The van der Waals surface area contributed by atoms with Crippen molar-refractivity contribution in [1.82, 2.24) is 0 Å². The van der Waals surface area contributed by atoms with Crippen molar-refractivity contribution in [2.75, 3.05) is 5.73 Å². The SMILES string of the molecule is Nc1ccc(F)cc1-c1cc(F)c(F)c(F)c1. The lowest BCUT2D eigenvalue weighted by atomic mass is 10.0. The average molecular weight is 241 g/mol. The first kappa shape index (κ1) is 11.4. The number of hydrogen-bond acceptors (Lipinski definition) is 1. The molecule has 2 N–H and O–H groups in total. The van der Waals surface area contributed by atoms with Gasteiger partial charge in [0.15, 0.2) is 17.5 Å². The first-order valence-electron chi connectivity index (χ1n) is 4.69. The van der Waals surface area contributed by atoms with Crippen LogP contribution in [0.3, 0.4) is 0 Å². The summed E-state index contributed by atoms with van der Waals surface area (Å²) in [5, 5.41) is 0. The van der Waals surface area contributed by atoms with Crippen molar-refractivity contribution in [2.45, 2.75) is 0 Å². The van der Waals surface area contributed by atoms with E-state index in [0.29, 0.717) is 0 Å². The molecule has 0 amide bonds. The Morgan fingerprint density at radius 3 is 2.00 bits per heavy atom. The van der Waals surface area contributed by atoms with Gasteiger partial charge in [0.2, 0.25) is 0 Å². The second-order valence-electron chi connectivity index (χ2n) is 3.49. The van der Waals surface area contributed by atoms with E-state index in [4.69, 9.17) is 5.73 Å². The molecule has 0 bridgehead atoms. The molecular weight excluding hydrogens is 234 g/mol. The van der Waals surface area contributed by atoms with Gasteiger partial charge in [0.25, 0.3) is 0 Å². The molecule has 88 valence electrons. The van der Waals surface area contributed by atoms with Crippen LogP contribution in [0.4, 0.5) is 23.2 Å². The molecule has 2 aromatic carbocycles. The Hall–Kier alpha value is -2.04. The van der Waals surface area contributed by atoms with Gasteiger partial charge in [-0.15, -0.1) is 0 Å². The zero-order valence-electron chi connectivity index (χ0n) is 8.48. The predicted molar refractivity (Wildman–Crippen MR) is 56.1 cm³/mol. The molecule has 0 atom stereocenters. The zero-order chi connectivity index (χ0) is 12.6. The van der Waals surface area contributed by atoms with Crippen LogP contribution in [0.2, 0.25) is 0 Å². The minimum atomic E-state index is -1.57. The van der Waals surface area contributed by atoms with Crippen molar-refractivity contribution in [1.29, 1.82) is 0 Å². The molecule has 5 heteroatoms. The molecule has 0 aliphatic carbocycles. The summed E-state index contributed by atoms with van der Waals surface area (Å²) in [5.41, 5.74) is 5.80. The van der Waals surface area contributed by atoms with Gasteiger partial charge in [-0.1, -0.05) is 0 Å². The molecule has 2 rings (SSSR count). The molecule has 0 heterocycles. The van der Waals surface area contributed by atoms with E-state index in [1.54, 1.807) is 0 Å². The van der Waals surface area contributed by atoms with Crippen LogP contribution in [0.5, 0.6) is 0 Å². The molecule has 0 unspecified atom stereocenters. The van der Waals surface area contributed by atoms with Crippen molar-refractivity contribution < 1.29 is 17.6 Å². The summed E-state index contributed by atoms with van der Waals surface area (Å²) in [6.07, 6.45) is 0. The lowest BCUT2D eigenvalue weighted by molar-refractivity contribution is 0.447. The molecular formula is C12H7F4N. The number of halogens is 4. The Morgan fingerprint density at radius 2 is 1.41 bits per heavy atom. The third kappa shape index (κ3) is 2.08. The van der Waals surface area contributed by atoms with Crippen molar-refractivity contribution in [3.63, 3.8) is 0 Å². The summed E-state index contributed by atoms with van der Waals surface area (Å²) in [6, 6.07) is 4.95. The van der Waals surface area contributed by atoms with Gasteiger partial charge in [-0.2, -0.15) is 0 Å². The first-order chi connectivity index (χ1) is 7.99. The van der Waals surface area contributed by atoms with Crippen molar-refractivity contribution in [3.8, 4) is 11.1 Å². The highest BCUT2D eigenvalue weighted by molar-refractivity contribution is 5.76. The maximum absolute atomic E-state index is 13.0. The predicted octanol–water partition coefficient (Wildman–Crippen LogP) is 3.49. The third-order valence-electron chi connectivity index (χ3n) is 2.31. The van der Waals surface area contributed by atoms with Gasteiger partial charge in [0.1, 0.15) is 5.82 Å². The van der Waals surface area contributed by atoms with Crippen LogP contribution in [-0.4, -0.2) is 0 Å². The molecule has 0 aliphatic heterocycles. The maximum atomic E-state index is 13.0.